The van der Waals surface area contributed by atoms with Gasteiger partial charge in [-0.05, 0) is 49.6 Å². The lowest BCUT2D eigenvalue weighted by molar-refractivity contribution is 0.0871. The number of halogens is 2. The van der Waals surface area contributed by atoms with E-state index in [1.165, 1.54) is 6.07 Å². The molecule has 1 amide bonds. The predicted molar refractivity (Wildman–Crippen MR) is 105 cm³/mol. The minimum absolute atomic E-state index is 0.0909. The molecule has 1 aliphatic carbocycles. The van der Waals surface area contributed by atoms with Gasteiger partial charge in [0.1, 0.15) is 23.6 Å². The van der Waals surface area contributed by atoms with Gasteiger partial charge < -0.3 is 20.5 Å². The zero-order valence-corrected chi connectivity index (χ0v) is 16.2. The van der Waals surface area contributed by atoms with Crippen molar-refractivity contribution in [2.45, 2.75) is 31.7 Å². The number of ether oxygens (including phenoxy) is 2. The van der Waals surface area contributed by atoms with E-state index in [0.29, 0.717) is 30.2 Å². The Hall–Kier alpha value is -3.23. The minimum Gasteiger partial charge on any atom is -0.493 e. The molecule has 156 valence electrons. The number of benzene rings is 1. The van der Waals surface area contributed by atoms with E-state index in [0.717, 1.165) is 24.6 Å². The number of anilines is 1. The van der Waals surface area contributed by atoms with E-state index in [2.05, 4.69) is 15.3 Å². The maximum Gasteiger partial charge on any atom is 0.283 e. The van der Waals surface area contributed by atoms with Crippen LogP contribution in [0.1, 0.15) is 46.4 Å². The number of nitrogens with zero attached hydrogens (tertiary/aromatic N) is 2. The number of pyridine rings is 1. The normalized spacial score (nSPS) is 23.0. The van der Waals surface area contributed by atoms with Crippen LogP contribution in [0.5, 0.6) is 5.75 Å². The van der Waals surface area contributed by atoms with Crippen LogP contribution >= 0.6 is 0 Å². The van der Waals surface area contributed by atoms with Crippen molar-refractivity contribution in [2.24, 2.45) is 16.1 Å². The van der Waals surface area contributed by atoms with Crippen LogP contribution in [0.3, 0.4) is 0 Å². The van der Waals surface area contributed by atoms with Gasteiger partial charge in [0.25, 0.3) is 18.4 Å². The number of nitrogens with one attached hydrogen (secondary N) is 1. The number of hydrogen-bond donors (Lipinski definition) is 2. The maximum absolute atomic E-state index is 12.8. The highest BCUT2D eigenvalue weighted by atomic mass is 19.3. The van der Waals surface area contributed by atoms with Crippen LogP contribution in [-0.2, 0) is 10.3 Å². The summed E-state index contributed by atoms with van der Waals surface area (Å²) in [5, 5.41) is 2.80. The lowest BCUT2D eigenvalue weighted by atomic mass is 9.74. The summed E-state index contributed by atoms with van der Waals surface area (Å²) in [6.07, 6.45) is 0.305. The summed E-state index contributed by atoms with van der Waals surface area (Å²) in [4.78, 5) is 21.3. The molecule has 2 aromatic rings. The first-order valence-electron chi connectivity index (χ1n) is 9.65. The Morgan fingerprint density at radius 1 is 1.23 bits per heavy atom. The highest BCUT2D eigenvalue weighted by Gasteiger charge is 2.66. The highest BCUT2D eigenvalue weighted by molar-refractivity contribution is 6.04. The lowest BCUT2D eigenvalue weighted by Crippen LogP contribution is -2.44. The Labute approximate surface area is 171 Å². The standard InChI is InChI=1S/C21H20F2N4O3/c1-11-6-12(17(22)23)8-25-16(11)18(28)26-13-2-3-15-14(7-13)21(10-30-19(24)27-21)20(4-5-20)9-29-15/h2-3,6-8,17H,4-5,9-10H2,1H3,(H2,24,27)(H,26,28). The molecule has 1 fully saturated rings. The van der Waals surface area contributed by atoms with E-state index < -0.39 is 17.9 Å². The van der Waals surface area contributed by atoms with Crippen LogP contribution in [0.25, 0.3) is 0 Å². The fourth-order valence-electron chi connectivity index (χ4n) is 4.37. The smallest absolute Gasteiger partial charge is 0.283 e. The van der Waals surface area contributed by atoms with Gasteiger partial charge in [0, 0.05) is 28.4 Å². The quantitative estimate of drug-likeness (QED) is 0.803. The van der Waals surface area contributed by atoms with Crippen LogP contribution in [0.15, 0.2) is 35.5 Å². The fraction of sp³-hybridized carbons (Fsp3) is 0.381. The van der Waals surface area contributed by atoms with E-state index >= 15 is 0 Å². The number of aryl methyl sites for hydroxylation is 1. The van der Waals surface area contributed by atoms with Gasteiger partial charge >= 0.3 is 0 Å². The average molecular weight is 414 g/mol. The van der Waals surface area contributed by atoms with Crippen LogP contribution in [0.4, 0.5) is 14.5 Å². The molecule has 2 spiro atoms. The minimum atomic E-state index is -2.64. The Morgan fingerprint density at radius 3 is 2.67 bits per heavy atom. The number of hydrogen-bond acceptors (Lipinski definition) is 6. The van der Waals surface area contributed by atoms with E-state index in [4.69, 9.17) is 15.2 Å². The van der Waals surface area contributed by atoms with Crippen molar-refractivity contribution >= 4 is 17.6 Å². The lowest BCUT2D eigenvalue weighted by Gasteiger charge is -2.39. The summed E-state index contributed by atoms with van der Waals surface area (Å²) in [5.41, 5.74) is 6.67. The number of amidine groups is 1. The summed E-state index contributed by atoms with van der Waals surface area (Å²) >= 11 is 0. The molecule has 1 saturated carbocycles. The van der Waals surface area contributed by atoms with Gasteiger partial charge in [-0.1, -0.05) is 0 Å². The average Bonchev–Trinajstić information content (AvgIpc) is 3.40. The number of aliphatic imine (C=N–C) groups is 1. The first-order chi connectivity index (χ1) is 14.3. The fourth-order valence-corrected chi connectivity index (χ4v) is 4.37. The Bertz CT molecular complexity index is 1080. The van der Waals surface area contributed by atoms with Gasteiger partial charge in [-0.2, -0.15) is 0 Å². The number of rotatable bonds is 3. The van der Waals surface area contributed by atoms with E-state index in [9.17, 15) is 13.6 Å². The molecule has 30 heavy (non-hydrogen) atoms. The maximum atomic E-state index is 12.8. The number of carbonyl (C=O) groups excluding carboxylic acids is 1. The van der Waals surface area contributed by atoms with E-state index in [1.54, 1.807) is 19.1 Å². The van der Waals surface area contributed by atoms with E-state index in [-0.39, 0.29) is 22.7 Å². The molecule has 1 unspecified atom stereocenters. The summed E-state index contributed by atoms with van der Waals surface area (Å²) in [5.74, 6) is 0.203. The first kappa shape index (κ1) is 18.8. The molecule has 0 saturated heterocycles. The molecule has 1 atom stereocenters. The van der Waals surface area contributed by atoms with Crippen molar-refractivity contribution in [3.05, 3.63) is 52.8 Å². The third kappa shape index (κ3) is 2.72. The summed E-state index contributed by atoms with van der Waals surface area (Å²) < 4.78 is 37.2. The summed E-state index contributed by atoms with van der Waals surface area (Å²) in [7, 11) is 0. The number of fused-ring (bicyclic) bond motifs is 3. The molecule has 1 aromatic heterocycles. The molecule has 7 nitrogen and oxygen atoms in total. The van der Waals surface area contributed by atoms with E-state index in [1.807, 2.05) is 6.07 Å². The Morgan fingerprint density at radius 2 is 2.03 bits per heavy atom. The highest BCUT2D eigenvalue weighted by Crippen LogP contribution is 2.65. The van der Waals surface area contributed by atoms with Crippen molar-refractivity contribution in [3.63, 3.8) is 0 Å². The van der Waals surface area contributed by atoms with Gasteiger partial charge in [-0.3, -0.25) is 9.78 Å². The van der Waals surface area contributed by atoms with Crippen LogP contribution in [0, 0.1) is 12.3 Å². The van der Waals surface area contributed by atoms with Crippen molar-refractivity contribution in [1.29, 1.82) is 0 Å². The summed E-state index contributed by atoms with van der Waals surface area (Å²) in [6.45, 7) is 2.46. The third-order valence-corrected chi connectivity index (χ3v) is 6.21. The largest absolute Gasteiger partial charge is 0.493 e. The van der Waals surface area contributed by atoms with Crippen LogP contribution in [0.2, 0.25) is 0 Å². The predicted octanol–water partition coefficient (Wildman–Crippen LogP) is 3.29. The number of nitrogens with two attached hydrogens (primary N) is 1. The second-order valence-corrected chi connectivity index (χ2v) is 8.07. The van der Waals surface area contributed by atoms with Crippen molar-refractivity contribution in [1.82, 2.24) is 4.98 Å². The van der Waals surface area contributed by atoms with Crippen LogP contribution in [-0.4, -0.2) is 30.1 Å². The number of amides is 1. The van der Waals surface area contributed by atoms with Crippen molar-refractivity contribution < 1.29 is 23.0 Å². The topological polar surface area (TPSA) is 98.8 Å². The molecule has 9 heteroatoms. The number of carbonyl (C=O) groups is 1. The molecule has 2 aliphatic heterocycles. The second kappa shape index (κ2) is 6.38. The Balaban J connectivity index is 1.47. The molecular weight excluding hydrogens is 394 g/mol. The SMILES string of the molecule is Cc1cc(C(F)F)cnc1C(=O)Nc1ccc2c(c1)C1(COC(N)=N1)C1(CC1)CO2. The van der Waals surface area contributed by atoms with Gasteiger partial charge in [0.2, 0.25) is 0 Å². The molecule has 5 rings (SSSR count). The molecular formula is C21H20F2N4O3. The van der Waals surface area contributed by atoms with Crippen LogP contribution < -0.4 is 15.8 Å². The number of aromatic nitrogens is 1. The first-order valence-corrected chi connectivity index (χ1v) is 9.65. The zero-order valence-electron chi connectivity index (χ0n) is 16.2. The molecule has 3 N–H and O–H groups in total. The van der Waals surface area contributed by atoms with Gasteiger partial charge in [0.15, 0.2) is 0 Å². The monoisotopic (exact) mass is 414 g/mol. The molecule has 0 radical (unpaired) electrons. The molecule has 3 aliphatic rings. The van der Waals surface area contributed by atoms with Crippen molar-refractivity contribution in [2.75, 3.05) is 18.5 Å². The molecule has 3 heterocycles. The molecule has 1 aromatic carbocycles. The van der Waals surface area contributed by atoms with Gasteiger partial charge in [-0.25, -0.2) is 13.8 Å². The second-order valence-electron chi connectivity index (χ2n) is 8.07. The number of alkyl halides is 2. The van der Waals surface area contributed by atoms with Gasteiger partial charge in [0.05, 0.1) is 6.61 Å². The Kier molecular flexibility index (Phi) is 4.00. The van der Waals surface area contributed by atoms with Crippen molar-refractivity contribution in [3.8, 4) is 5.75 Å². The zero-order chi connectivity index (χ0) is 21.1. The molecule has 0 bridgehead atoms. The summed E-state index contributed by atoms with van der Waals surface area (Å²) in [6, 6.07) is 6.75. The third-order valence-electron chi connectivity index (χ3n) is 6.21. The van der Waals surface area contributed by atoms with Gasteiger partial charge in [-0.15, -0.1) is 0 Å².